The Kier molecular flexibility index (Phi) is 3.91. The van der Waals surface area contributed by atoms with Crippen LogP contribution in [0.2, 0.25) is 0 Å². The van der Waals surface area contributed by atoms with Crippen molar-refractivity contribution in [1.82, 2.24) is 0 Å². The van der Waals surface area contributed by atoms with Crippen LogP contribution in [0.4, 0.5) is 5.69 Å². The molecule has 0 spiro atoms. The number of anilines is 1. The minimum absolute atomic E-state index is 0.516. The highest BCUT2D eigenvalue weighted by Gasteiger charge is 2.12. The molecule has 0 aliphatic carbocycles. The first-order chi connectivity index (χ1) is 8.87. The lowest BCUT2D eigenvalue weighted by molar-refractivity contribution is -0.113. The number of amides is 1. The van der Waals surface area contributed by atoms with Crippen LogP contribution >= 0.6 is 15.9 Å². The zero-order chi connectivity index (χ0) is 14.0. The van der Waals surface area contributed by atoms with Gasteiger partial charge < -0.3 is 5.32 Å². The molecule has 0 fully saturated rings. The summed E-state index contributed by atoms with van der Waals surface area (Å²) in [6.45, 7) is 0. The molecule has 0 atom stereocenters. The molecule has 2 rings (SSSR count). The molecule has 100 valence electrons. The van der Waals surface area contributed by atoms with Crippen molar-refractivity contribution < 1.29 is 13.2 Å². The molecule has 1 N–H and O–H groups in total. The first-order valence-electron chi connectivity index (χ1n) is 5.51. The fourth-order valence-corrected chi connectivity index (χ4v) is 2.82. The van der Waals surface area contributed by atoms with E-state index in [1.807, 2.05) is 30.3 Å². The lowest BCUT2D eigenvalue weighted by Crippen LogP contribution is -2.22. The van der Waals surface area contributed by atoms with Crippen LogP contribution in [0.15, 0.2) is 40.9 Å². The van der Waals surface area contributed by atoms with Gasteiger partial charge in [0.1, 0.15) is 5.75 Å². The van der Waals surface area contributed by atoms with Gasteiger partial charge in [0.2, 0.25) is 5.91 Å². The van der Waals surface area contributed by atoms with Gasteiger partial charge >= 0.3 is 0 Å². The van der Waals surface area contributed by atoms with E-state index in [2.05, 4.69) is 21.2 Å². The van der Waals surface area contributed by atoms with Crippen molar-refractivity contribution in [3.05, 3.63) is 40.9 Å². The summed E-state index contributed by atoms with van der Waals surface area (Å²) in [6, 6.07) is 11.1. The third-order valence-corrected chi connectivity index (χ3v) is 4.02. The van der Waals surface area contributed by atoms with Crippen LogP contribution in [0.5, 0.6) is 0 Å². The van der Waals surface area contributed by atoms with Crippen LogP contribution in [-0.2, 0) is 14.6 Å². The van der Waals surface area contributed by atoms with Crippen LogP contribution in [-0.4, -0.2) is 26.3 Å². The molecule has 0 aliphatic heterocycles. The van der Waals surface area contributed by atoms with Gasteiger partial charge in [0.05, 0.1) is 0 Å². The molecule has 0 saturated carbocycles. The Morgan fingerprint density at radius 2 is 1.79 bits per heavy atom. The van der Waals surface area contributed by atoms with Crippen molar-refractivity contribution in [3.63, 3.8) is 0 Å². The molecule has 6 heteroatoms. The van der Waals surface area contributed by atoms with Crippen molar-refractivity contribution in [3.8, 4) is 0 Å². The summed E-state index contributed by atoms with van der Waals surface area (Å²) in [4.78, 5) is 11.7. The molecule has 0 radical (unpaired) electrons. The van der Waals surface area contributed by atoms with Crippen LogP contribution in [0.1, 0.15) is 0 Å². The summed E-state index contributed by atoms with van der Waals surface area (Å²) in [5.74, 6) is -1.05. The Labute approximate surface area is 119 Å². The summed E-state index contributed by atoms with van der Waals surface area (Å²) < 4.78 is 23.1. The number of carbonyl (C=O) groups excluding carboxylic acids is 1. The third kappa shape index (κ3) is 3.54. The summed E-state index contributed by atoms with van der Waals surface area (Å²) in [7, 11) is -3.33. The fourth-order valence-electron chi connectivity index (χ4n) is 1.80. The second-order valence-electron chi connectivity index (χ2n) is 4.26. The Balaban J connectivity index is 2.37. The van der Waals surface area contributed by atoms with Crippen molar-refractivity contribution in [1.29, 1.82) is 0 Å². The second kappa shape index (κ2) is 5.30. The van der Waals surface area contributed by atoms with Crippen molar-refractivity contribution in [2.75, 3.05) is 17.3 Å². The largest absolute Gasteiger partial charge is 0.325 e. The quantitative estimate of drug-likeness (QED) is 0.933. The van der Waals surface area contributed by atoms with E-state index in [9.17, 15) is 13.2 Å². The van der Waals surface area contributed by atoms with E-state index in [1.165, 1.54) is 0 Å². The first-order valence-corrected chi connectivity index (χ1v) is 8.37. The summed E-state index contributed by atoms with van der Waals surface area (Å²) >= 11 is 3.44. The number of carbonyl (C=O) groups is 1. The van der Waals surface area contributed by atoms with Crippen LogP contribution in [0.25, 0.3) is 10.8 Å². The summed E-state index contributed by atoms with van der Waals surface area (Å²) in [5, 5.41) is 4.45. The molecule has 0 bridgehead atoms. The highest BCUT2D eigenvalue weighted by atomic mass is 79.9. The molecule has 2 aromatic carbocycles. The SMILES string of the molecule is CS(=O)(=O)CC(=O)Nc1ccc(Br)c2ccccc12. The lowest BCUT2D eigenvalue weighted by atomic mass is 10.1. The first kappa shape index (κ1) is 14.0. The van der Waals surface area contributed by atoms with E-state index in [-0.39, 0.29) is 0 Å². The number of sulfone groups is 1. The number of fused-ring (bicyclic) bond motifs is 1. The fraction of sp³-hybridized carbons (Fsp3) is 0.154. The molecule has 1 amide bonds. The average Bonchev–Trinajstić information content (AvgIpc) is 2.31. The molecule has 19 heavy (non-hydrogen) atoms. The molecular formula is C13H12BrNO3S. The lowest BCUT2D eigenvalue weighted by Gasteiger charge is -2.09. The highest BCUT2D eigenvalue weighted by molar-refractivity contribution is 9.10. The van der Waals surface area contributed by atoms with Crippen molar-refractivity contribution >= 4 is 48.1 Å². The van der Waals surface area contributed by atoms with Crippen molar-refractivity contribution in [2.45, 2.75) is 0 Å². The van der Waals surface area contributed by atoms with Gasteiger partial charge in [0.25, 0.3) is 0 Å². The number of nitrogens with one attached hydrogen (secondary N) is 1. The van der Waals surface area contributed by atoms with E-state index in [0.29, 0.717) is 5.69 Å². The number of rotatable bonds is 3. The van der Waals surface area contributed by atoms with Gasteiger partial charge in [0, 0.05) is 21.8 Å². The summed E-state index contributed by atoms with van der Waals surface area (Å²) in [6.07, 6.45) is 1.03. The smallest absolute Gasteiger partial charge is 0.239 e. The summed E-state index contributed by atoms with van der Waals surface area (Å²) in [5.41, 5.74) is 0.604. The Hall–Kier alpha value is -1.40. The topological polar surface area (TPSA) is 63.2 Å². The molecule has 0 aromatic heterocycles. The number of halogens is 1. The van der Waals surface area contributed by atoms with E-state index >= 15 is 0 Å². The predicted molar refractivity (Wildman–Crippen MR) is 80.0 cm³/mol. The zero-order valence-electron chi connectivity index (χ0n) is 10.2. The van der Waals surface area contributed by atoms with E-state index in [1.54, 1.807) is 6.07 Å². The number of hydrogen-bond acceptors (Lipinski definition) is 3. The second-order valence-corrected chi connectivity index (χ2v) is 7.25. The van der Waals surface area contributed by atoms with E-state index < -0.39 is 21.5 Å². The van der Waals surface area contributed by atoms with E-state index in [0.717, 1.165) is 21.5 Å². The molecule has 0 saturated heterocycles. The van der Waals surface area contributed by atoms with Gasteiger partial charge in [-0.1, -0.05) is 40.2 Å². The Morgan fingerprint density at radius 3 is 2.42 bits per heavy atom. The van der Waals surface area contributed by atoms with Crippen molar-refractivity contribution in [2.24, 2.45) is 0 Å². The van der Waals surface area contributed by atoms with Gasteiger partial charge in [0.15, 0.2) is 9.84 Å². The van der Waals surface area contributed by atoms with Gasteiger partial charge in [-0.15, -0.1) is 0 Å². The van der Waals surface area contributed by atoms with Gasteiger partial charge in [-0.2, -0.15) is 0 Å². The average molecular weight is 342 g/mol. The predicted octanol–water partition coefficient (Wildman–Crippen LogP) is 2.59. The van der Waals surface area contributed by atoms with Gasteiger partial charge in [-0.3, -0.25) is 4.79 Å². The normalized spacial score (nSPS) is 11.5. The van der Waals surface area contributed by atoms with Gasteiger partial charge in [-0.05, 0) is 17.5 Å². The Morgan fingerprint density at radius 1 is 1.16 bits per heavy atom. The molecular weight excluding hydrogens is 330 g/mol. The van der Waals surface area contributed by atoms with Crippen LogP contribution in [0.3, 0.4) is 0 Å². The number of hydrogen-bond donors (Lipinski definition) is 1. The molecule has 0 heterocycles. The standard InChI is InChI=1S/C13H12BrNO3S/c1-19(17,18)8-13(16)15-12-7-6-11(14)9-4-2-3-5-10(9)12/h2-7H,8H2,1H3,(H,15,16). The maximum Gasteiger partial charge on any atom is 0.239 e. The minimum atomic E-state index is -3.33. The maximum atomic E-state index is 11.7. The maximum absolute atomic E-state index is 11.7. The minimum Gasteiger partial charge on any atom is -0.325 e. The molecule has 0 unspecified atom stereocenters. The molecule has 0 aliphatic rings. The molecule has 2 aromatic rings. The third-order valence-electron chi connectivity index (χ3n) is 2.54. The number of benzene rings is 2. The van der Waals surface area contributed by atoms with Gasteiger partial charge in [-0.25, -0.2) is 8.42 Å². The van der Waals surface area contributed by atoms with E-state index in [4.69, 9.17) is 0 Å². The highest BCUT2D eigenvalue weighted by Crippen LogP contribution is 2.29. The van der Waals surface area contributed by atoms with Crippen LogP contribution < -0.4 is 5.32 Å². The molecule has 4 nitrogen and oxygen atoms in total. The Bertz CT molecular complexity index is 741. The monoisotopic (exact) mass is 341 g/mol. The zero-order valence-corrected chi connectivity index (χ0v) is 12.6. The van der Waals surface area contributed by atoms with Crippen LogP contribution in [0, 0.1) is 0 Å².